The van der Waals surface area contributed by atoms with E-state index in [1.807, 2.05) is 30.8 Å². The van der Waals surface area contributed by atoms with Crippen molar-refractivity contribution in [2.45, 2.75) is 52.0 Å². The van der Waals surface area contributed by atoms with Crippen LogP contribution in [0.4, 0.5) is 0 Å². The van der Waals surface area contributed by atoms with Gasteiger partial charge in [0.1, 0.15) is 17.2 Å². The number of hydrogen-bond donors (Lipinski definition) is 0. The molecule has 0 radical (unpaired) electrons. The van der Waals surface area contributed by atoms with Crippen molar-refractivity contribution in [3.05, 3.63) is 29.3 Å². The molecule has 0 aliphatic heterocycles. The highest BCUT2D eigenvalue weighted by Crippen LogP contribution is 2.32. The van der Waals surface area contributed by atoms with Crippen molar-refractivity contribution in [2.24, 2.45) is 0 Å². The van der Waals surface area contributed by atoms with E-state index in [-0.39, 0.29) is 0 Å². The third-order valence-corrected chi connectivity index (χ3v) is 4.13. The molecule has 106 valence electrons. The van der Waals surface area contributed by atoms with Crippen LogP contribution in [0.15, 0.2) is 16.7 Å². The Morgan fingerprint density at radius 1 is 1.30 bits per heavy atom. The van der Waals surface area contributed by atoms with Crippen LogP contribution in [0.25, 0.3) is 11.3 Å². The summed E-state index contributed by atoms with van der Waals surface area (Å²) in [7, 11) is 0. The maximum Gasteiger partial charge on any atom is 0.153 e. The molecule has 0 amide bonds. The maximum absolute atomic E-state index is 11.3. The SMILES string of the molecule is Cc1cc(-c2nn(C3CCCCC3)cc2C=O)c(C)o1. The summed E-state index contributed by atoms with van der Waals surface area (Å²) in [5.41, 5.74) is 2.33. The lowest BCUT2D eigenvalue weighted by atomic mass is 9.96. The lowest BCUT2D eigenvalue weighted by molar-refractivity contribution is 0.112. The minimum Gasteiger partial charge on any atom is -0.466 e. The molecule has 2 heterocycles. The molecule has 0 N–H and O–H groups in total. The summed E-state index contributed by atoms with van der Waals surface area (Å²) >= 11 is 0. The first-order valence-corrected chi connectivity index (χ1v) is 7.31. The molecule has 1 aliphatic rings. The topological polar surface area (TPSA) is 48.0 Å². The predicted molar refractivity (Wildman–Crippen MR) is 76.9 cm³/mol. The number of aromatic nitrogens is 2. The number of carbonyl (C=O) groups is 1. The Kier molecular flexibility index (Phi) is 3.47. The first-order chi connectivity index (χ1) is 9.69. The van der Waals surface area contributed by atoms with E-state index in [4.69, 9.17) is 4.42 Å². The number of nitrogens with zero attached hydrogens (tertiary/aromatic N) is 2. The summed E-state index contributed by atoms with van der Waals surface area (Å²) in [6.07, 6.45) is 8.90. The van der Waals surface area contributed by atoms with E-state index in [0.717, 1.165) is 41.9 Å². The van der Waals surface area contributed by atoms with Crippen LogP contribution in [0, 0.1) is 13.8 Å². The lowest BCUT2D eigenvalue weighted by Gasteiger charge is -2.21. The lowest BCUT2D eigenvalue weighted by Crippen LogP contribution is -2.13. The second-order valence-electron chi connectivity index (χ2n) is 5.65. The van der Waals surface area contributed by atoms with Crippen molar-refractivity contribution < 1.29 is 9.21 Å². The van der Waals surface area contributed by atoms with Gasteiger partial charge in [-0.05, 0) is 32.8 Å². The zero-order chi connectivity index (χ0) is 14.1. The molecular formula is C16H20N2O2. The van der Waals surface area contributed by atoms with Crippen LogP contribution in [0.2, 0.25) is 0 Å². The van der Waals surface area contributed by atoms with Gasteiger partial charge >= 0.3 is 0 Å². The summed E-state index contributed by atoms with van der Waals surface area (Å²) in [5, 5.41) is 4.67. The van der Waals surface area contributed by atoms with Gasteiger partial charge < -0.3 is 4.42 Å². The summed E-state index contributed by atoms with van der Waals surface area (Å²) in [6.45, 7) is 3.83. The molecule has 2 aromatic rings. The van der Waals surface area contributed by atoms with Crippen LogP contribution in [-0.4, -0.2) is 16.1 Å². The smallest absolute Gasteiger partial charge is 0.153 e. The third kappa shape index (κ3) is 2.30. The van der Waals surface area contributed by atoms with Gasteiger partial charge in [-0.2, -0.15) is 5.10 Å². The van der Waals surface area contributed by atoms with E-state index in [2.05, 4.69) is 5.10 Å². The average molecular weight is 272 g/mol. The highest BCUT2D eigenvalue weighted by atomic mass is 16.3. The largest absolute Gasteiger partial charge is 0.466 e. The van der Waals surface area contributed by atoms with Crippen molar-refractivity contribution in [3.8, 4) is 11.3 Å². The molecule has 0 unspecified atom stereocenters. The molecule has 3 rings (SSSR count). The van der Waals surface area contributed by atoms with Crippen molar-refractivity contribution in [2.75, 3.05) is 0 Å². The van der Waals surface area contributed by atoms with Gasteiger partial charge in [-0.3, -0.25) is 9.48 Å². The van der Waals surface area contributed by atoms with Gasteiger partial charge in [-0.15, -0.1) is 0 Å². The Morgan fingerprint density at radius 2 is 2.05 bits per heavy atom. The average Bonchev–Trinajstić information content (AvgIpc) is 3.02. The molecule has 4 nitrogen and oxygen atoms in total. The number of carbonyl (C=O) groups excluding carboxylic acids is 1. The van der Waals surface area contributed by atoms with Gasteiger partial charge in [0.25, 0.3) is 0 Å². The van der Waals surface area contributed by atoms with Gasteiger partial charge in [-0.1, -0.05) is 19.3 Å². The fourth-order valence-electron chi connectivity index (χ4n) is 3.10. The molecule has 2 aromatic heterocycles. The summed E-state index contributed by atoms with van der Waals surface area (Å²) in [4.78, 5) is 11.3. The Labute approximate surface area is 118 Å². The number of hydrogen-bond acceptors (Lipinski definition) is 3. The fraction of sp³-hybridized carbons (Fsp3) is 0.500. The van der Waals surface area contributed by atoms with E-state index in [1.165, 1.54) is 19.3 Å². The maximum atomic E-state index is 11.3. The van der Waals surface area contributed by atoms with Gasteiger partial charge in [0.05, 0.1) is 11.6 Å². The van der Waals surface area contributed by atoms with Crippen LogP contribution in [0.5, 0.6) is 0 Å². The zero-order valence-corrected chi connectivity index (χ0v) is 12.1. The molecule has 0 bridgehead atoms. The van der Waals surface area contributed by atoms with Gasteiger partial charge in [0, 0.05) is 11.8 Å². The molecule has 0 aromatic carbocycles. The molecule has 0 saturated heterocycles. The summed E-state index contributed by atoms with van der Waals surface area (Å²) in [6, 6.07) is 2.39. The number of rotatable bonds is 3. The quantitative estimate of drug-likeness (QED) is 0.791. The van der Waals surface area contributed by atoms with Crippen LogP contribution in [0.3, 0.4) is 0 Å². The Hall–Kier alpha value is -1.84. The normalized spacial score (nSPS) is 16.5. The highest BCUT2D eigenvalue weighted by molar-refractivity contribution is 5.86. The standard InChI is InChI=1S/C16H20N2O2/c1-11-8-15(12(2)20-11)16-13(10-19)9-18(17-16)14-6-4-3-5-7-14/h8-10,14H,3-7H2,1-2H3. The van der Waals surface area contributed by atoms with Crippen molar-refractivity contribution in [3.63, 3.8) is 0 Å². The molecule has 4 heteroatoms. The third-order valence-electron chi connectivity index (χ3n) is 4.13. The molecule has 0 spiro atoms. The number of furan rings is 1. The van der Waals surface area contributed by atoms with Crippen LogP contribution in [0.1, 0.15) is 60.0 Å². The van der Waals surface area contributed by atoms with Crippen molar-refractivity contribution in [1.29, 1.82) is 0 Å². The first kappa shape index (κ1) is 13.2. The van der Waals surface area contributed by atoms with Gasteiger partial charge in [0.2, 0.25) is 0 Å². The second-order valence-corrected chi connectivity index (χ2v) is 5.65. The molecule has 1 aliphatic carbocycles. The van der Waals surface area contributed by atoms with Crippen molar-refractivity contribution >= 4 is 6.29 Å². The highest BCUT2D eigenvalue weighted by Gasteiger charge is 2.21. The molecule has 1 saturated carbocycles. The van der Waals surface area contributed by atoms with Gasteiger partial charge in [0.15, 0.2) is 6.29 Å². The Balaban J connectivity index is 2.00. The van der Waals surface area contributed by atoms with E-state index in [0.29, 0.717) is 11.6 Å². The van der Waals surface area contributed by atoms with Crippen molar-refractivity contribution in [1.82, 2.24) is 9.78 Å². The van der Waals surface area contributed by atoms with Crippen LogP contribution >= 0.6 is 0 Å². The monoisotopic (exact) mass is 272 g/mol. The van der Waals surface area contributed by atoms with E-state index in [9.17, 15) is 4.79 Å². The van der Waals surface area contributed by atoms with E-state index < -0.39 is 0 Å². The second kappa shape index (κ2) is 5.27. The van der Waals surface area contributed by atoms with Crippen LogP contribution < -0.4 is 0 Å². The molecule has 0 atom stereocenters. The summed E-state index contributed by atoms with van der Waals surface area (Å²) < 4.78 is 7.54. The minimum atomic E-state index is 0.435. The van der Waals surface area contributed by atoms with E-state index in [1.54, 1.807) is 0 Å². The molecule has 20 heavy (non-hydrogen) atoms. The fourth-order valence-corrected chi connectivity index (χ4v) is 3.10. The first-order valence-electron chi connectivity index (χ1n) is 7.31. The molecule has 1 fully saturated rings. The zero-order valence-electron chi connectivity index (χ0n) is 12.1. The van der Waals surface area contributed by atoms with Gasteiger partial charge in [-0.25, -0.2) is 0 Å². The van der Waals surface area contributed by atoms with E-state index >= 15 is 0 Å². The summed E-state index contributed by atoms with van der Waals surface area (Å²) in [5.74, 6) is 1.67. The Bertz CT molecular complexity index is 618. The minimum absolute atomic E-state index is 0.435. The van der Waals surface area contributed by atoms with Crippen LogP contribution in [-0.2, 0) is 0 Å². The number of aryl methyl sites for hydroxylation is 2. The number of aldehydes is 1. The Morgan fingerprint density at radius 3 is 2.65 bits per heavy atom. The molecular weight excluding hydrogens is 252 g/mol. The predicted octanol–water partition coefficient (Wildman–Crippen LogP) is 4.08.